The molecule has 1 heterocycles. The van der Waals surface area contributed by atoms with Crippen molar-refractivity contribution in [3.05, 3.63) is 65.0 Å². The number of imidazole rings is 1. The first-order valence-corrected chi connectivity index (χ1v) is 10.8. The minimum absolute atomic E-state index is 0.0000683. The zero-order valence-corrected chi connectivity index (χ0v) is 18.0. The summed E-state index contributed by atoms with van der Waals surface area (Å²) < 4.78 is 57.9. The first-order chi connectivity index (χ1) is 15.2. The van der Waals surface area contributed by atoms with Crippen LogP contribution in [0.2, 0.25) is 0 Å². The molecular formula is C24H25F4N3O. The lowest BCUT2D eigenvalue weighted by Crippen LogP contribution is -2.36. The zero-order chi connectivity index (χ0) is 23.0. The van der Waals surface area contributed by atoms with E-state index < -0.39 is 34.7 Å². The van der Waals surface area contributed by atoms with E-state index in [-0.39, 0.29) is 25.0 Å². The summed E-state index contributed by atoms with van der Waals surface area (Å²) in [6, 6.07) is 5.56. The molecule has 32 heavy (non-hydrogen) atoms. The maximum absolute atomic E-state index is 14.3. The van der Waals surface area contributed by atoms with Gasteiger partial charge >= 0.3 is 0 Å². The van der Waals surface area contributed by atoms with Gasteiger partial charge in [0.1, 0.15) is 34.7 Å². The van der Waals surface area contributed by atoms with Crippen LogP contribution < -0.4 is 0 Å². The molecule has 1 fully saturated rings. The monoisotopic (exact) mass is 447 g/mol. The van der Waals surface area contributed by atoms with Gasteiger partial charge in [0.15, 0.2) is 0 Å². The molecule has 0 bridgehead atoms. The van der Waals surface area contributed by atoms with Crippen molar-refractivity contribution in [2.24, 2.45) is 5.92 Å². The summed E-state index contributed by atoms with van der Waals surface area (Å²) in [5.41, 5.74) is 0.453. The number of benzene rings is 2. The van der Waals surface area contributed by atoms with Crippen molar-refractivity contribution in [3.63, 3.8) is 0 Å². The molecule has 2 aromatic carbocycles. The van der Waals surface area contributed by atoms with Crippen LogP contribution in [0.3, 0.4) is 0 Å². The Balaban J connectivity index is 1.76. The van der Waals surface area contributed by atoms with E-state index in [9.17, 15) is 22.4 Å². The highest BCUT2D eigenvalue weighted by Crippen LogP contribution is 2.34. The van der Waals surface area contributed by atoms with Crippen LogP contribution in [0.25, 0.3) is 11.0 Å². The van der Waals surface area contributed by atoms with Gasteiger partial charge in [-0.2, -0.15) is 0 Å². The van der Waals surface area contributed by atoms with E-state index >= 15 is 0 Å². The standard InChI is InChI=1S/C24H25F4N3O/c1-14(2)12-30(24(32)23-18(27)9-16(26)10-19(23)28)13-22-29-20-11-15(25)7-8-21(20)31(22)17-5-3-4-6-17/h7-11,14,17H,3-6,12-13H2,1-2H3. The van der Waals surface area contributed by atoms with Crippen LogP contribution in [0.15, 0.2) is 30.3 Å². The maximum Gasteiger partial charge on any atom is 0.260 e. The molecule has 4 rings (SSSR count). The van der Waals surface area contributed by atoms with Crippen molar-refractivity contribution < 1.29 is 22.4 Å². The van der Waals surface area contributed by atoms with Gasteiger partial charge < -0.3 is 9.47 Å². The zero-order valence-electron chi connectivity index (χ0n) is 18.0. The average Bonchev–Trinajstić information content (AvgIpc) is 3.33. The van der Waals surface area contributed by atoms with Crippen molar-refractivity contribution in [1.29, 1.82) is 0 Å². The van der Waals surface area contributed by atoms with Crippen molar-refractivity contribution in [3.8, 4) is 0 Å². The highest BCUT2D eigenvalue weighted by Gasteiger charge is 2.29. The smallest absolute Gasteiger partial charge is 0.260 e. The normalized spacial score (nSPS) is 14.6. The van der Waals surface area contributed by atoms with Crippen LogP contribution in [-0.2, 0) is 6.54 Å². The second-order valence-electron chi connectivity index (χ2n) is 8.79. The Morgan fingerprint density at radius 3 is 2.34 bits per heavy atom. The van der Waals surface area contributed by atoms with E-state index in [4.69, 9.17) is 0 Å². The molecule has 4 nitrogen and oxygen atoms in total. The minimum atomic E-state index is -1.24. The van der Waals surface area contributed by atoms with Gasteiger partial charge in [-0.15, -0.1) is 0 Å². The fourth-order valence-corrected chi connectivity index (χ4v) is 4.54. The number of carbonyl (C=O) groups is 1. The van der Waals surface area contributed by atoms with E-state index in [0.29, 0.717) is 23.5 Å². The predicted octanol–water partition coefficient (Wildman–Crippen LogP) is 6.01. The molecule has 0 aliphatic heterocycles. The third-order valence-corrected chi connectivity index (χ3v) is 5.84. The lowest BCUT2D eigenvalue weighted by atomic mass is 10.1. The summed E-state index contributed by atoms with van der Waals surface area (Å²) in [6.07, 6.45) is 4.00. The Labute approximate surface area is 183 Å². The van der Waals surface area contributed by atoms with E-state index in [1.54, 1.807) is 6.07 Å². The predicted molar refractivity (Wildman–Crippen MR) is 113 cm³/mol. The van der Waals surface area contributed by atoms with Crippen molar-refractivity contribution in [2.45, 2.75) is 52.1 Å². The van der Waals surface area contributed by atoms with Gasteiger partial charge in [-0.05, 0) is 30.9 Å². The van der Waals surface area contributed by atoms with Crippen LogP contribution in [-0.4, -0.2) is 26.9 Å². The highest BCUT2D eigenvalue weighted by atomic mass is 19.1. The van der Waals surface area contributed by atoms with Gasteiger partial charge in [-0.25, -0.2) is 22.5 Å². The summed E-state index contributed by atoms with van der Waals surface area (Å²) in [7, 11) is 0. The van der Waals surface area contributed by atoms with Gasteiger partial charge in [0, 0.05) is 30.8 Å². The van der Waals surface area contributed by atoms with E-state index in [2.05, 4.69) is 4.98 Å². The molecule has 1 amide bonds. The molecule has 1 aliphatic rings. The van der Waals surface area contributed by atoms with Crippen LogP contribution >= 0.6 is 0 Å². The number of carbonyl (C=O) groups excluding carboxylic acids is 1. The molecule has 170 valence electrons. The lowest BCUT2D eigenvalue weighted by Gasteiger charge is -2.26. The van der Waals surface area contributed by atoms with Gasteiger partial charge in [0.2, 0.25) is 0 Å². The summed E-state index contributed by atoms with van der Waals surface area (Å²) >= 11 is 0. The highest BCUT2D eigenvalue weighted by molar-refractivity contribution is 5.94. The maximum atomic E-state index is 14.3. The topological polar surface area (TPSA) is 38.1 Å². The van der Waals surface area contributed by atoms with Crippen molar-refractivity contribution in [2.75, 3.05) is 6.54 Å². The van der Waals surface area contributed by atoms with Crippen LogP contribution in [0.4, 0.5) is 17.6 Å². The molecule has 1 saturated carbocycles. The molecule has 1 aromatic heterocycles. The first-order valence-electron chi connectivity index (χ1n) is 10.8. The molecule has 0 spiro atoms. The molecule has 0 radical (unpaired) electrons. The number of hydrogen-bond donors (Lipinski definition) is 0. The summed E-state index contributed by atoms with van der Waals surface area (Å²) in [4.78, 5) is 19.1. The van der Waals surface area contributed by atoms with Gasteiger partial charge in [-0.1, -0.05) is 26.7 Å². The lowest BCUT2D eigenvalue weighted by molar-refractivity contribution is 0.0705. The number of rotatable bonds is 6. The SMILES string of the molecule is CC(C)CN(Cc1nc2cc(F)ccc2n1C1CCCC1)C(=O)c1c(F)cc(F)cc1F. The van der Waals surface area contributed by atoms with Gasteiger partial charge in [-0.3, -0.25) is 4.79 Å². The quantitative estimate of drug-likeness (QED) is 0.434. The number of aromatic nitrogens is 2. The second-order valence-corrected chi connectivity index (χ2v) is 8.79. The molecule has 0 N–H and O–H groups in total. The van der Waals surface area contributed by atoms with Crippen molar-refractivity contribution >= 4 is 16.9 Å². The Hall–Kier alpha value is -2.90. The van der Waals surface area contributed by atoms with E-state index in [1.807, 2.05) is 18.4 Å². The number of halogens is 4. The molecule has 0 unspecified atom stereocenters. The molecule has 3 aromatic rings. The largest absolute Gasteiger partial charge is 0.331 e. The Bertz CT molecular complexity index is 1130. The van der Waals surface area contributed by atoms with E-state index in [1.165, 1.54) is 17.0 Å². The molecule has 1 aliphatic carbocycles. The van der Waals surface area contributed by atoms with Crippen LogP contribution in [0.5, 0.6) is 0 Å². The third-order valence-electron chi connectivity index (χ3n) is 5.84. The third kappa shape index (κ3) is 4.36. The molecular weight excluding hydrogens is 422 g/mol. The Kier molecular flexibility index (Phi) is 6.22. The van der Waals surface area contributed by atoms with Crippen molar-refractivity contribution in [1.82, 2.24) is 14.5 Å². The van der Waals surface area contributed by atoms with Gasteiger partial charge in [0.05, 0.1) is 17.6 Å². The first kappa shape index (κ1) is 22.3. The number of amides is 1. The fourth-order valence-electron chi connectivity index (χ4n) is 4.54. The molecule has 0 atom stereocenters. The van der Waals surface area contributed by atoms with Crippen LogP contribution in [0.1, 0.15) is 61.8 Å². The fraction of sp³-hybridized carbons (Fsp3) is 0.417. The Morgan fingerprint density at radius 2 is 1.72 bits per heavy atom. The number of fused-ring (bicyclic) bond motifs is 1. The average molecular weight is 447 g/mol. The molecule has 8 heteroatoms. The van der Waals surface area contributed by atoms with Gasteiger partial charge in [0.25, 0.3) is 5.91 Å². The van der Waals surface area contributed by atoms with Crippen LogP contribution in [0, 0.1) is 29.2 Å². The number of nitrogens with zero attached hydrogens (tertiary/aromatic N) is 3. The number of hydrogen-bond acceptors (Lipinski definition) is 2. The summed E-state index contributed by atoms with van der Waals surface area (Å²) in [6.45, 7) is 3.98. The molecule has 0 saturated heterocycles. The minimum Gasteiger partial charge on any atom is -0.331 e. The Morgan fingerprint density at radius 1 is 1.06 bits per heavy atom. The summed E-state index contributed by atoms with van der Waals surface area (Å²) in [5.74, 6) is -4.31. The second kappa shape index (κ2) is 8.92. The summed E-state index contributed by atoms with van der Waals surface area (Å²) in [5, 5.41) is 0. The van der Waals surface area contributed by atoms with E-state index in [0.717, 1.165) is 31.2 Å².